The Kier molecular flexibility index (Phi) is 4.21. The molecular formula is C14H16ClNO. The first-order valence-electron chi connectivity index (χ1n) is 5.97. The zero-order chi connectivity index (χ0) is 12.1. The number of allylic oxidation sites excluding steroid dienone is 1. The zero-order valence-electron chi connectivity index (χ0n) is 9.71. The summed E-state index contributed by atoms with van der Waals surface area (Å²) in [6.45, 7) is 0.563. The van der Waals surface area contributed by atoms with Crippen LogP contribution >= 0.6 is 11.6 Å². The highest BCUT2D eigenvalue weighted by atomic mass is 35.5. The lowest BCUT2D eigenvalue weighted by Crippen LogP contribution is -2.25. The summed E-state index contributed by atoms with van der Waals surface area (Å²) in [4.78, 5) is 11.9. The van der Waals surface area contributed by atoms with Crippen molar-refractivity contribution in [3.8, 4) is 0 Å². The molecule has 1 aliphatic rings. The second kappa shape index (κ2) is 5.87. The van der Waals surface area contributed by atoms with Gasteiger partial charge in [0.2, 0.25) is 5.91 Å². The molecule has 17 heavy (non-hydrogen) atoms. The number of hydrogen-bond acceptors (Lipinski definition) is 1. The minimum Gasteiger partial charge on any atom is -0.348 e. The lowest BCUT2D eigenvalue weighted by molar-refractivity contribution is -0.117. The maximum Gasteiger partial charge on any atom is 0.248 e. The lowest BCUT2D eigenvalue weighted by atomic mass is 9.98. The molecule has 0 unspecified atom stereocenters. The monoisotopic (exact) mass is 249 g/mol. The van der Waals surface area contributed by atoms with Gasteiger partial charge in [0, 0.05) is 17.2 Å². The Balaban J connectivity index is 1.94. The number of hydrogen-bond donors (Lipinski definition) is 1. The molecule has 0 atom stereocenters. The van der Waals surface area contributed by atoms with Crippen LogP contribution in [0.3, 0.4) is 0 Å². The Morgan fingerprint density at radius 3 is 2.59 bits per heavy atom. The van der Waals surface area contributed by atoms with Gasteiger partial charge < -0.3 is 5.32 Å². The van der Waals surface area contributed by atoms with Gasteiger partial charge in [0.25, 0.3) is 0 Å². The van der Waals surface area contributed by atoms with Gasteiger partial charge in [-0.1, -0.05) is 41.9 Å². The van der Waals surface area contributed by atoms with Crippen LogP contribution in [0.1, 0.15) is 31.2 Å². The molecular weight excluding hydrogens is 234 g/mol. The number of amides is 1. The summed E-state index contributed by atoms with van der Waals surface area (Å²) < 4.78 is 0. The first-order valence-corrected chi connectivity index (χ1v) is 6.35. The molecule has 0 aromatic heterocycles. The van der Waals surface area contributed by atoms with Crippen LogP contribution in [0.5, 0.6) is 0 Å². The van der Waals surface area contributed by atoms with Crippen molar-refractivity contribution in [1.29, 1.82) is 0 Å². The van der Waals surface area contributed by atoms with Gasteiger partial charge >= 0.3 is 0 Å². The van der Waals surface area contributed by atoms with Gasteiger partial charge in [-0.15, -0.1) is 0 Å². The molecule has 1 aliphatic carbocycles. The van der Waals surface area contributed by atoms with E-state index in [1.165, 1.54) is 0 Å². The van der Waals surface area contributed by atoms with Crippen molar-refractivity contribution >= 4 is 17.5 Å². The summed E-state index contributed by atoms with van der Waals surface area (Å²) in [6.07, 6.45) is 3.80. The van der Waals surface area contributed by atoms with Crippen molar-refractivity contribution in [1.82, 2.24) is 5.32 Å². The molecule has 1 N–H and O–H groups in total. The van der Waals surface area contributed by atoms with Gasteiger partial charge in [-0.05, 0) is 31.2 Å². The fourth-order valence-corrected chi connectivity index (χ4v) is 2.30. The standard InChI is InChI=1S/C14H16ClNO/c15-13-9-5-4-8-12(13)14(17)16-10-11-6-2-1-3-7-11/h1-3,6-7H,4-5,8-10H2,(H,16,17). The van der Waals surface area contributed by atoms with Crippen LogP contribution in [0.15, 0.2) is 40.9 Å². The normalized spacial score (nSPS) is 15.8. The molecule has 1 aromatic rings. The van der Waals surface area contributed by atoms with E-state index in [2.05, 4.69) is 5.32 Å². The van der Waals surface area contributed by atoms with Gasteiger partial charge in [0.05, 0.1) is 0 Å². The van der Waals surface area contributed by atoms with Gasteiger partial charge in [-0.2, -0.15) is 0 Å². The van der Waals surface area contributed by atoms with Gasteiger partial charge in [-0.25, -0.2) is 0 Å². The van der Waals surface area contributed by atoms with E-state index in [1.54, 1.807) is 0 Å². The van der Waals surface area contributed by atoms with E-state index in [4.69, 9.17) is 11.6 Å². The van der Waals surface area contributed by atoms with Crippen LogP contribution in [0, 0.1) is 0 Å². The highest BCUT2D eigenvalue weighted by molar-refractivity contribution is 6.31. The number of nitrogens with one attached hydrogen (secondary N) is 1. The molecule has 1 amide bonds. The minimum absolute atomic E-state index is 0.0152. The predicted molar refractivity (Wildman–Crippen MR) is 69.6 cm³/mol. The van der Waals surface area contributed by atoms with E-state index in [0.717, 1.165) is 41.9 Å². The molecule has 3 heteroatoms. The second-order valence-electron chi connectivity index (χ2n) is 4.26. The molecule has 0 aliphatic heterocycles. The number of carbonyl (C=O) groups is 1. The number of halogens is 1. The van der Waals surface area contributed by atoms with Crippen molar-refractivity contribution in [2.24, 2.45) is 0 Å². The van der Waals surface area contributed by atoms with Crippen molar-refractivity contribution < 1.29 is 4.79 Å². The van der Waals surface area contributed by atoms with Gasteiger partial charge in [-0.3, -0.25) is 4.79 Å². The average molecular weight is 250 g/mol. The van der Waals surface area contributed by atoms with Crippen LogP contribution in [-0.2, 0) is 11.3 Å². The fraction of sp³-hybridized carbons (Fsp3) is 0.357. The topological polar surface area (TPSA) is 29.1 Å². The maximum absolute atomic E-state index is 11.9. The van der Waals surface area contributed by atoms with Crippen LogP contribution in [0.25, 0.3) is 0 Å². The first kappa shape index (κ1) is 12.2. The SMILES string of the molecule is O=C(NCc1ccccc1)C1=C(Cl)CCCC1. The number of carbonyl (C=O) groups excluding carboxylic acids is 1. The average Bonchev–Trinajstić information content (AvgIpc) is 2.38. The van der Waals surface area contributed by atoms with Crippen molar-refractivity contribution in [2.45, 2.75) is 32.2 Å². The quantitative estimate of drug-likeness (QED) is 0.874. The summed E-state index contributed by atoms with van der Waals surface area (Å²) in [5.41, 5.74) is 1.88. The predicted octanol–water partition coefficient (Wildman–Crippen LogP) is 3.37. The van der Waals surface area contributed by atoms with Crippen LogP contribution < -0.4 is 5.32 Å². The molecule has 0 radical (unpaired) electrons. The van der Waals surface area contributed by atoms with E-state index in [0.29, 0.717) is 6.54 Å². The molecule has 0 spiro atoms. The summed E-state index contributed by atoms with van der Waals surface area (Å²) in [6, 6.07) is 9.89. The van der Waals surface area contributed by atoms with E-state index in [9.17, 15) is 4.79 Å². The Bertz CT molecular complexity index is 425. The Labute approximate surface area is 107 Å². The summed E-state index contributed by atoms with van der Waals surface area (Å²) >= 11 is 6.08. The van der Waals surface area contributed by atoms with Crippen LogP contribution in [0.4, 0.5) is 0 Å². The summed E-state index contributed by atoms with van der Waals surface area (Å²) in [7, 11) is 0. The highest BCUT2D eigenvalue weighted by Gasteiger charge is 2.17. The van der Waals surface area contributed by atoms with Crippen molar-refractivity contribution in [3.63, 3.8) is 0 Å². The number of rotatable bonds is 3. The molecule has 0 heterocycles. The smallest absolute Gasteiger partial charge is 0.248 e. The minimum atomic E-state index is -0.0152. The number of benzene rings is 1. The third-order valence-corrected chi connectivity index (χ3v) is 3.39. The van der Waals surface area contributed by atoms with Gasteiger partial charge in [0.15, 0.2) is 0 Å². The molecule has 90 valence electrons. The van der Waals surface area contributed by atoms with E-state index >= 15 is 0 Å². The van der Waals surface area contributed by atoms with Gasteiger partial charge in [0.1, 0.15) is 0 Å². The molecule has 0 bridgehead atoms. The summed E-state index contributed by atoms with van der Waals surface area (Å²) in [5.74, 6) is -0.0152. The van der Waals surface area contributed by atoms with Crippen molar-refractivity contribution in [2.75, 3.05) is 0 Å². The summed E-state index contributed by atoms with van der Waals surface area (Å²) in [5, 5.41) is 3.66. The highest BCUT2D eigenvalue weighted by Crippen LogP contribution is 2.27. The Hall–Kier alpha value is -1.28. The molecule has 1 aromatic carbocycles. The molecule has 0 saturated carbocycles. The Morgan fingerprint density at radius 1 is 1.18 bits per heavy atom. The van der Waals surface area contributed by atoms with Crippen molar-refractivity contribution in [3.05, 3.63) is 46.5 Å². The third kappa shape index (κ3) is 3.34. The Morgan fingerprint density at radius 2 is 1.88 bits per heavy atom. The lowest BCUT2D eigenvalue weighted by Gasteiger charge is -2.15. The second-order valence-corrected chi connectivity index (χ2v) is 4.72. The largest absolute Gasteiger partial charge is 0.348 e. The molecule has 2 rings (SSSR count). The van der Waals surface area contributed by atoms with E-state index < -0.39 is 0 Å². The zero-order valence-corrected chi connectivity index (χ0v) is 10.5. The molecule has 2 nitrogen and oxygen atoms in total. The fourth-order valence-electron chi connectivity index (χ4n) is 1.99. The van der Waals surface area contributed by atoms with E-state index in [-0.39, 0.29) is 5.91 Å². The third-order valence-electron chi connectivity index (χ3n) is 2.97. The first-order chi connectivity index (χ1) is 8.27. The molecule has 0 fully saturated rings. The van der Waals surface area contributed by atoms with E-state index in [1.807, 2.05) is 30.3 Å². The van der Waals surface area contributed by atoms with Crippen LogP contribution in [-0.4, -0.2) is 5.91 Å². The van der Waals surface area contributed by atoms with Crippen LogP contribution in [0.2, 0.25) is 0 Å². The molecule has 0 saturated heterocycles. The maximum atomic E-state index is 11.9.